The van der Waals surface area contributed by atoms with Crippen molar-refractivity contribution in [2.75, 3.05) is 20.3 Å². The molecule has 0 spiro atoms. The fourth-order valence-corrected chi connectivity index (χ4v) is 2.14. The summed E-state index contributed by atoms with van der Waals surface area (Å²) in [6.45, 7) is 3.69. The number of aliphatic hydroxyl groups is 1. The largest absolute Gasteiger partial charge is 0.396 e. The third-order valence-electron chi connectivity index (χ3n) is 2.40. The molecule has 0 fully saturated rings. The fraction of sp³-hybridized carbons (Fsp3) is 0.636. The first-order valence-electron chi connectivity index (χ1n) is 5.07. The summed E-state index contributed by atoms with van der Waals surface area (Å²) < 4.78 is 5.16. The molecular weight excluding hydrogens is 210 g/mol. The second-order valence-corrected chi connectivity index (χ2v) is 4.93. The molecular formula is C11H19NO2S. The van der Waals surface area contributed by atoms with Gasteiger partial charge in [0.25, 0.3) is 0 Å². The van der Waals surface area contributed by atoms with Gasteiger partial charge in [0.15, 0.2) is 0 Å². The molecule has 0 radical (unpaired) electrons. The minimum atomic E-state index is -0.145. The molecule has 0 aromatic carbocycles. The third kappa shape index (κ3) is 4.30. The van der Waals surface area contributed by atoms with Gasteiger partial charge in [0.1, 0.15) is 0 Å². The first-order chi connectivity index (χ1) is 7.20. The number of rotatable bonds is 7. The zero-order valence-electron chi connectivity index (χ0n) is 9.32. The van der Waals surface area contributed by atoms with Crippen molar-refractivity contribution in [3.05, 3.63) is 22.4 Å². The van der Waals surface area contributed by atoms with Gasteiger partial charge in [0, 0.05) is 30.7 Å². The zero-order valence-corrected chi connectivity index (χ0v) is 10.1. The number of aliphatic hydroxyl groups excluding tert-OH is 1. The number of methoxy groups -OCH3 is 1. The van der Waals surface area contributed by atoms with Crippen molar-refractivity contribution >= 4 is 11.3 Å². The van der Waals surface area contributed by atoms with Crippen molar-refractivity contribution < 1.29 is 9.84 Å². The minimum absolute atomic E-state index is 0.145. The lowest BCUT2D eigenvalue weighted by Crippen LogP contribution is -2.46. The van der Waals surface area contributed by atoms with E-state index in [1.165, 1.54) is 4.88 Å². The molecule has 0 amide bonds. The lowest BCUT2D eigenvalue weighted by atomic mass is 9.99. The average molecular weight is 229 g/mol. The summed E-state index contributed by atoms with van der Waals surface area (Å²) in [4.78, 5) is 1.30. The van der Waals surface area contributed by atoms with Crippen LogP contribution in [0.2, 0.25) is 0 Å². The number of hydrogen-bond donors (Lipinski definition) is 2. The van der Waals surface area contributed by atoms with E-state index < -0.39 is 0 Å². The quantitative estimate of drug-likeness (QED) is 0.746. The van der Waals surface area contributed by atoms with Crippen molar-refractivity contribution in [1.82, 2.24) is 5.32 Å². The first-order valence-corrected chi connectivity index (χ1v) is 5.95. The summed E-state index contributed by atoms with van der Waals surface area (Å²) in [5.74, 6) is 0. The van der Waals surface area contributed by atoms with Crippen molar-refractivity contribution in [1.29, 1.82) is 0 Å². The third-order valence-corrected chi connectivity index (χ3v) is 3.27. The molecule has 0 saturated carbocycles. The summed E-state index contributed by atoms with van der Waals surface area (Å²) in [7, 11) is 1.68. The van der Waals surface area contributed by atoms with Gasteiger partial charge < -0.3 is 15.2 Å². The molecule has 1 aromatic rings. The normalized spacial score (nSPS) is 15.1. The number of ether oxygens (including phenoxy) is 1. The lowest BCUT2D eigenvalue weighted by Gasteiger charge is -2.29. The van der Waals surface area contributed by atoms with E-state index in [-0.39, 0.29) is 12.1 Å². The van der Waals surface area contributed by atoms with Crippen LogP contribution in [0.3, 0.4) is 0 Å². The Labute approximate surface area is 95.1 Å². The Hall–Kier alpha value is -0.420. The summed E-state index contributed by atoms with van der Waals surface area (Å²) >= 11 is 1.73. The topological polar surface area (TPSA) is 41.5 Å². The lowest BCUT2D eigenvalue weighted by molar-refractivity contribution is 0.0971. The highest BCUT2D eigenvalue weighted by molar-refractivity contribution is 7.09. The van der Waals surface area contributed by atoms with E-state index in [2.05, 4.69) is 23.7 Å². The average Bonchev–Trinajstić information content (AvgIpc) is 2.68. The first kappa shape index (κ1) is 12.6. The van der Waals surface area contributed by atoms with Crippen LogP contribution in [0.4, 0.5) is 0 Å². The van der Waals surface area contributed by atoms with Gasteiger partial charge >= 0.3 is 0 Å². The van der Waals surface area contributed by atoms with Gasteiger partial charge in [0.05, 0.1) is 6.61 Å². The Morgan fingerprint density at radius 2 is 2.40 bits per heavy atom. The maximum absolute atomic E-state index is 8.99. The van der Waals surface area contributed by atoms with Gasteiger partial charge in [-0.1, -0.05) is 6.07 Å². The second-order valence-electron chi connectivity index (χ2n) is 3.90. The van der Waals surface area contributed by atoms with Crippen LogP contribution < -0.4 is 5.32 Å². The van der Waals surface area contributed by atoms with Crippen molar-refractivity contribution in [3.63, 3.8) is 0 Å². The van der Waals surface area contributed by atoms with Crippen molar-refractivity contribution in [2.24, 2.45) is 0 Å². The number of hydrogen-bond acceptors (Lipinski definition) is 4. The van der Waals surface area contributed by atoms with E-state index in [1.54, 1.807) is 18.4 Å². The van der Waals surface area contributed by atoms with Crippen LogP contribution in [0.25, 0.3) is 0 Å². The predicted octanol–water partition coefficient (Wildman–Crippen LogP) is 1.63. The molecule has 86 valence electrons. The van der Waals surface area contributed by atoms with E-state index in [9.17, 15) is 0 Å². The van der Waals surface area contributed by atoms with Crippen molar-refractivity contribution in [2.45, 2.75) is 25.4 Å². The number of nitrogens with one attached hydrogen (secondary N) is 1. The summed E-state index contributed by atoms with van der Waals surface area (Å²) in [6, 6.07) is 4.14. The zero-order chi connectivity index (χ0) is 11.1. The smallest absolute Gasteiger partial charge is 0.0642 e. The standard InChI is InChI=1S/C11H19NO2S/c1-11(5-6-13,9-14-2)12-8-10-4-3-7-15-10/h3-4,7,12-13H,5-6,8-9H2,1-2H3. The maximum Gasteiger partial charge on any atom is 0.0642 e. The molecule has 4 heteroatoms. The van der Waals surface area contributed by atoms with Crippen LogP contribution in [0.15, 0.2) is 17.5 Å². The van der Waals surface area contributed by atoms with E-state index in [1.807, 2.05) is 6.07 Å². The van der Waals surface area contributed by atoms with Gasteiger partial charge in [-0.15, -0.1) is 11.3 Å². The highest BCUT2D eigenvalue weighted by Gasteiger charge is 2.22. The maximum atomic E-state index is 8.99. The van der Waals surface area contributed by atoms with Crippen LogP contribution in [0.5, 0.6) is 0 Å². The molecule has 3 nitrogen and oxygen atoms in total. The summed E-state index contributed by atoms with van der Waals surface area (Å²) in [6.07, 6.45) is 0.701. The summed E-state index contributed by atoms with van der Waals surface area (Å²) in [5, 5.41) is 14.5. The molecule has 2 N–H and O–H groups in total. The van der Waals surface area contributed by atoms with E-state index in [0.29, 0.717) is 13.0 Å². The van der Waals surface area contributed by atoms with Gasteiger partial charge in [-0.3, -0.25) is 0 Å². The van der Waals surface area contributed by atoms with Gasteiger partial charge in [0.2, 0.25) is 0 Å². The van der Waals surface area contributed by atoms with Crippen LogP contribution in [-0.2, 0) is 11.3 Å². The Morgan fingerprint density at radius 3 is 2.93 bits per heavy atom. The van der Waals surface area contributed by atoms with Gasteiger partial charge in [-0.2, -0.15) is 0 Å². The van der Waals surface area contributed by atoms with Crippen LogP contribution in [0, 0.1) is 0 Å². The highest BCUT2D eigenvalue weighted by atomic mass is 32.1. The Balaban J connectivity index is 2.43. The molecule has 1 unspecified atom stereocenters. The van der Waals surface area contributed by atoms with Crippen LogP contribution >= 0.6 is 11.3 Å². The molecule has 0 bridgehead atoms. The molecule has 0 aliphatic heterocycles. The molecule has 1 heterocycles. The van der Waals surface area contributed by atoms with E-state index in [4.69, 9.17) is 9.84 Å². The van der Waals surface area contributed by atoms with Crippen molar-refractivity contribution in [3.8, 4) is 0 Å². The Kier molecular flexibility index (Phi) is 5.25. The highest BCUT2D eigenvalue weighted by Crippen LogP contribution is 2.13. The molecule has 1 rings (SSSR count). The van der Waals surface area contributed by atoms with Crippen LogP contribution in [0.1, 0.15) is 18.2 Å². The monoisotopic (exact) mass is 229 g/mol. The minimum Gasteiger partial charge on any atom is -0.396 e. The van der Waals surface area contributed by atoms with E-state index in [0.717, 1.165) is 6.54 Å². The molecule has 0 aliphatic carbocycles. The molecule has 1 aromatic heterocycles. The van der Waals surface area contributed by atoms with Gasteiger partial charge in [-0.25, -0.2) is 0 Å². The molecule has 0 saturated heterocycles. The Bertz CT molecular complexity index is 256. The number of thiophene rings is 1. The molecule has 0 aliphatic rings. The predicted molar refractivity (Wildman–Crippen MR) is 63.1 cm³/mol. The SMILES string of the molecule is COCC(C)(CCO)NCc1cccs1. The second kappa shape index (κ2) is 6.23. The molecule has 1 atom stereocenters. The van der Waals surface area contributed by atoms with Crippen LogP contribution in [-0.4, -0.2) is 31.0 Å². The van der Waals surface area contributed by atoms with Gasteiger partial charge in [-0.05, 0) is 24.8 Å². The summed E-state index contributed by atoms with van der Waals surface area (Å²) in [5.41, 5.74) is -0.145. The Morgan fingerprint density at radius 1 is 1.60 bits per heavy atom. The van der Waals surface area contributed by atoms with E-state index >= 15 is 0 Å². The fourth-order valence-electron chi connectivity index (χ4n) is 1.49. The molecule has 15 heavy (non-hydrogen) atoms.